The van der Waals surface area contributed by atoms with Crippen LogP contribution in [0.2, 0.25) is 0 Å². The Labute approximate surface area is 587 Å². The summed E-state index contributed by atoms with van der Waals surface area (Å²) in [6, 6.07) is 0. The summed E-state index contributed by atoms with van der Waals surface area (Å²) in [5.41, 5.74) is 0. The van der Waals surface area contributed by atoms with E-state index in [-0.39, 0.29) is 26.1 Å². The average Bonchev–Trinajstić information content (AvgIpc) is 2.72. The maximum absolute atomic E-state index is 12.9. The quantitative estimate of drug-likeness (QED) is 0.0195. The van der Waals surface area contributed by atoms with Crippen LogP contribution >= 0.6 is 7.82 Å². The fraction of sp³-hybridized carbons (Fsp3) is 0.512. The topological polar surface area (TPSA) is 111 Å². The zero-order valence-electron chi connectivity index (χ0n) is 60.7. The standard InChI is InChI=1S/C86H132NO8P/c1-6-8-10-12-14-16-18-20-22-24-26-28-30-32-34-36-38-40-42-43-45-47-49-51-53-55-57-59-61-63-65-67-69-71-73-75-77-79-86(89)95-84(83-94-96(90,91)93-81-80-87(3,4)5)82-92-85(88)78-76-74-72-70-68-66-64-62-60-58-56-54-52-50-48-46-44-41-39-37-35-33-31-29-27-25-23-21-19-17-15-13-11-9-7-2/h8-11,14-17,20-23,26-29,32-35,38-41,43,45-46,48-49,51-52,54-55,57-58,60-61,63-64,66,84H,6-7,12-13,18-19,24-25,30-31,36-37,42,44,47,50,53,56,59,62,65,67-83H2,1-5H3/b10-8-,11-9-,16-14-,17-15-,22-20-,23-21-,28-26-,29-27-,34-32-,35-33-,40-38-,41-39-,45-43-,48-46-,51-49-,54-52-,57-55-,60-58-,63-61-,66-64-. The van der Waals surface area contributed by atoms with Crippen LogP contribution in [0.3, 0.4) is 0 Å². The summed E-state index contributed by atoms with van der Waals surface area (Å²) in [7, 11) is 1.10. The van der Waals surface area contributed by atoms with Crippen LogP contribution in [-0.4, -0.2) is 70.0 Å². The molecular formula is C86H132NO8P. The van der Waals surface area contributed by atoms with Gasteiger partial charge in [-0.1, -0.05) is 295 Å². The van der Waals surface area contributed by atoms with E-state index >= 15 is 0 Å². The van der Waals surface area contributed by atoms with Crippen LogP contribution in [0.25, 0.3) is 0 Å². The van der Waals surface area contributed by atoms with E-state index in [4.69, 9.17) is 18.5 Å². The molecule has 0 aliphatic heterocycles. The molecule has 0 aromatic rings. The molecule has 10 heteroatoms. The highest BCUT2D eigenvalue weighted by Gasteiger charge is 2.22. The highest BCUT2D eigenvalue weighted by Crippen LogP contribution is 2.38. The van der Waals surface area contributed by atoms with Crippen molar-refractivity contribution in [1.82, 2.24) is 0 Å². The van der Waals surface area contributed by atoms with Gasteiger partial charge in [-0.25, -0.2) is 0 Å². The third-order valence-corrected chi connectivity index (χ3v) is 15.3. The van der Waals surface area contributed by atoms with Crippen molar-refractivity contribution in [2.24, 2.45) is 0 Å². The minimum Gasteiger partial charge on any atom is -0.756 e. The molecule has 0 bridgehead atoms. The number of nitrogens with zero attached hydrogens (tertiary/aromatic N) is 1. The number of quaternary nitrogens is 1. The first-order valence-electron chi connectivity index (χ1n) is 36.7. The molecule has 0 N–H and O–H groups in total. The second kappa shape index (κ2) is 73.1. The Hall–Kier alpha value is -6.19. The van der Waals surface area contributed by atoms with E-state index in [2.05, 4.69) is 257 Å². The number of rotatable bonds is 64. The van der Waals surface area contributed by atoms with Crippen LogP contribution in [0.1, 0.15) is 232 Å². The van der Waals surface area contributed by atoms with Crippen molar-refractivity contribution in [1.29, 1.82) is 0 Å². The third-order valence-electron chi connectivity index (χ3n) is 14.4. The minimum absolute atomic E-state index is 0.0529. The molecule has 9 nitrogen and oxygen atoms in total. The van der Waals surface area contributed by atoms with Crippen molar-refractivity contribution < 1.29 is 42.1 Å². The zero-order valence-corrected chi connectivity index (χ0v) is 61.6. The summed E-state index contributed by atoms with van der Waals surface area (Å²) in [4.78, 5) is 38.1. The molecule has 534 valence electrons. The molecule has 0 fully saturated rings. The number of carbonyl (C=O) groups excluding carboxylic acids is 2. The normalized spacial score (nSPS) is 14.5. The van der Waals surface area contributed by atoms with E-state index in [0.29, 0.717) is 23.9 Å². The predicted molar refractivity (Wildman–Crippen MR) is 414 cm³/mol. The molecular weight excluding hydrogens is 1210 g/mol. The Kier molecular flexibility index (Phi) is 68.4. The van der Waals surface area contributed by atoms with Crippen LogP contribution < -0.4 is 4.89 Å². The number of phosphoric ester groups is 1. The van der Waals surface area contributed by atoms with Gasteiger partial charge in [-0.2, -0.15) is 0 Å². The van der Waals surface area contributed by atoms with Crippen molar-refractivity contribution in [3.8, 4) is 0 Å². The molecule has 0 saturated carbocycles. The lowest BCUT2D eigenvalue weighted by Gasteiger charge is -2.28. The van der Waals surface area contributed by atoms with E-state index in [0.717, 1.165) is 193 Å². The molecule has 0 heterocycles. The molecule has 2 unspecified atom stereocenters. The summed E-state index contributed by atoms with van der Waals surface area (Å²) < 4.78 is 34.3. The van der Waals surface area contributed by atoms with Crippen LogP contribution in [-0.2, 0) is 32.7 Å². The van der Waals surface area contributed by atoms with Gasteiger partial charge in [0.2, 0.25) is 0 Å². The van der Waals surface area contributed by atoms with Crippen molar-refractivity contribution in [2.45, 2.75) is 238 Å². The lowest BCUT2D eigenvalue weighted by Crippen LogP contribution is -2.37. The molecule has 0 radical (unpaired) electrons. The zero-order chi connectivity index (χ0) is 69.7. The third kappa shape index (κ3) is 76.8. The lowest BCUT2D eigenvalue weighted by atomic mass is 10.1. The van der Waals surface area contributed by atoms with Crippen LogP contribution in [0, 0.1) is 0 Å². The number of unbranched alkanes of at least 4 members (excludes halogenated alkanes) is 10. The molecule has 0 amide bonds. The molecule has 2 atom stereocenters. The van der Waals surface area contributed by atoms with Gasteiger partial charge in [-0.3, -0.25) is 14.2 Å². The van der Waals surface area contributed by atoms with Crippen molar-refractivity contribution >= 4 is 19.8 Å². The average molecular weight is 1340 g/mol. The second-order valence-electron chi connectivity index (χ2n) is 24.5. The van der Waals surface area contributed by atoms with Crippen molar-refractivity contribution in [2.75, 3.05) is 47.5 Å². The summed E-state index contributed by atoms with van der Waals surface area (Å²) in [6.45, 7) is 3.93. The van der Waals surface area contributed by atoms with E-state index in [1.807, 2.05) is 21.1 Å². The second-order valence-corrected chi connectivity index (χ2v) is 25.9. The minimum atomic E-state index is -4.67. The predicted octanol–water partition coefficient (Wildman–Crippen LogP) is 24.1. The van der Waals surface area contributed by atoms with Gasteiger partial charge >= 0.3 is 11.9 Å². The summed E-state index contributed by atoms with van der Waals surface area (Å²) >= 11 is 0. The van der Waals surface area contributed by atoms with E-state index in [1.54, 1.807) is 0 Å². The van der Waals surface area contributed by atoms with Gasteiger partial charge < -0.3 is 27.9 Å². The first kappa shape index (κ1) is 89.8. The summed E-state index contributed by atoms with van der Waals surface area (Å²) in [6.07, 6.45) is 119. The Morgan fingerprint density at radius 2 is 0.562 bits per heavy atom. The molecule has 0 aromatic heterocycles. The van der Waals surface area contributed by atoms with Gasteiger partial charge in [-0.15, -0.1) is 0 Å². The number of hydrogen-bond donors (Lipinski definition) is 0. The first-order chi connectivity index (χ1) is 47.0. The molecule has 0 rings (SSSR count). The number of phosphoric acid groups is 1. The molecule has 0 aliphatic rings. The Morgan fingerprint density at radius 3 is 0.833 bits per heavy atom. The molecule has 0 spiro atoms. The van der Waals surface area contributed by atoms with Gasteiger partial charge in [0, 0.05) is 12.8 Å². The largest absolute Gasteiger partial charge is 0.756 e. The van der Waals surface area contributed by atoms with Crippen LogP contribution in [0.15, 0.2) is 243 Å². The van der Waals surface area contributed by atoms with Crippen molar-refractivity contribution in [3.05, 3.63) is 243 Å². The van der Waals surface area contributed by atoms with Crippen molar-refractivity contribution in [3.63, 3.8) is 0 Å². The Bertz CT molecular complexity index is 2520. The van der Waals surface area contributed by atoms with Gasteiger partial charge in [0.1, 0.15) is 19.8 Å². The highest BCUT2D eigenvalue weighted by molar-refractivity contribution is 7.45. The lowest BCUT2D eigenvalue weighted by molar-refractivity contribution is -0.870. The molecule has 0 aromatic carbocycles. The van der Waals surface area contributed by atoms with Gasteiger partial charge in [0.25, 0.3) is 7.82 Å². The SMILES string of the molecule is CC/C=C\C/C=C\C/C=C\C/C=C\C/C=C\C/C=C\C/C=C\C/C=C\C/C=C\C/C=C\CCCCCCCCC(=O)OC(COC(=O)CCCCCC/C=C\C/C=C\C/C=C\C/C=C\C/C=C\C/C=C\C/C=C\C/C=C\C/C=C\C/C=C\CC)COP(=O)([O-])OCC[N+](C)(C)C. The number of carbonyl (C=O) groups is 2. The first-order valence-corrected chi connectivity index (χ1v) is 38.2. The number of ether oxygens (including phenoxy) is 2. The van der Waals surface area contributed by atoms with E-state index in [1.165, 1.54) is 0 Å². The van der Waals surface area contributed by atoms with Gasteiger partial charge in [0.05, 0.1) is 27.7 Å². The monoisotopic (exact) mass is 1340 g/mol. The van der Waals surface area contributed by atoms with E-state index < -0.39 is 32.5 Å². The van der Waals surface area contributed by atoms with Gasteiger partial charge in [-0.05, 0) is 167 Å². The maximum Gasteiger partial charge on any atom is 0.306 e. The molecule has 96 heavy (non-hydrogen) atoms. The smallest absolute Gasteiger partial charge is 0.306 e. The fourth-order valence-corrected chi connectivity index (χ4v) is 9.56. The number of likely N-dealkylation sites (N-methyl/N-ethyl adjacent to an activating group) is 1. The Morgan fingerprint density at radius 1 is 0.323 bits per heavy atom. The summed E-state index contributed by atoms with van der Waals surface area (Å²) in [5, 5.41) is 0. The molecule has 0 saturated heterocycles. The maximum atomic E-state index is 12.9. The van der Waals surface area contributed by atoms with Crippen LogP contribution in [0.4, 0.5) is 0 Å². The Balaban J connectivity index is 4.24. The fourth-order valence-electron chi connectivity index (χ4n) is 8.83. The molecule has 0 aliphatic carbocycles. The van der Waals surface area contributed by atoms with Crippen LogP contribution in [0.5, 0.6) is 0 Å². The van der Waals surface area contributed by atoms with E-state index in [9.17, 15) is 19.0 Å². The number of hydrogen-bond acceptors (Lipinski definition) is 8. The van der Waals surface area contributed by atoms with Gasteiger partial charge in [0.15, 0.2) is 6.10 Å². The summed E-state index contributed by atoms with van der Waals surface area (Å²) in [5.74, 6) is -0.901. The number of esters is 2. The number of allylic oxidation sites excluding steroid dienone is 40. The highest BCUT2D eigenvalue weighted by atomic mass is 31.2.